The minimum Gasteiger partial charge on any atom is -0.384 e. The van der Waals surface area contributed by atoms with Crippen LogP contribution in [-0.4, -0.2) is 18.1 Å². The van der Waals surface area contributed by atoms with Gasteiger partial charge in [0.2, 0.25) is 0 Å². The summed E-state index contributed by atoms with van der Waals surface area (Å²) in [5.41, 5.74) is 6.75. The smallest absolute Gasteiger partial charge is 0.123 e. The molecular weight excluding hydrogens is 186 g/mol. The predicted octanol–water partition coefficient (Wildman–Crippen LogP) is 2.43. The monoisotopic (exact) mass is 205 g/mol. The van der Waals surface area contributed by atoms with Crippen LogP contribution in [0.1, 0.15) is 32.1 Å². The van der Waals surface area contributed by atoms with Crippen LogP contribution >= 0.6 is 0 Å². The van der Waals surface area contributed by atoms with Gasteiger partial charge in [-0.05, 0) is 25.0 Å². The van der Waals surface area contributed by atoms with Crippen molar-refractivity contribution in [3.05, 3.63) is 18.3 Å². The highest BCUT2D eigenvalue weighted by molar-refractivity contribution is 5.48. The van der Waals surface area contributed by atoms with Crippen molar-refractivity contribution in [1.29, 1.82) is 0 Å². The zero-order valence-electron chi connectivity index (χ0n) is 9.32. The molecule has 0 radical (unpaired) electrons. The molecule has 3 heteroatoms. The number of hydrogen-bond donors (Lipinski definition) is 1. The third-order valence-electron chi connectivity index (χ3n) is 3.30. The molecule has 82 valence electrons. The van der Waals surface area contributed by atoms with Crippen molar-refractivity contribution in [2.75, 3.05) is 17.7 Å². The average molecular weight is 205 g/mol. The Bertz CT molecular complexity index is 301. The van der Waals surface area contributed by atoms with E-state index in [1.165, 1.54) is 37.8 Å². The Morgan fingerprint density at radius 1 is 1.27 bits per heavy atom. The number of rotatable bonds is 2. The van der Waals surface area contributed by atoms with Crippen LogP contribution in [0, 0.1) is 0 Å². The first-order valence-corrected chi connectivity index (χ1v) is 5.72. The van der Waals surface area contributed by atoms with E-state index in [1.54, 1.807) is 0 Å². The summed E-state index contributed by atoms with van der Waals surface area (Å²) in [6.45, 7) is 0. The van der Waals surface area contributed by atoms with E-state index in [0.29, 0.717) is 11.9 Å². The fourth-order valence-corrected chi connectivity index (χ4v) is 2.29. The van der Waals surface area contributed by atoms with Crippen LogP contribution in [-0.2, 0) is 0 Å². The van der Waals surface area contributed by atoms with Crippen molar-refractivity contribution in [3.8, 4) is 0 Å². The Morgan fingerprint density at radius 3 is 2.60 bits per heavy atom. The fraction of sp³-hybridized carbons (Fsp3) is 0.583. The average Bonchev–Trinajstić information content (AvgIpc) is 2.30. The molecule has 0 bridgehead atoms. The molecule has 1 heterocycles. The van der Waals surface area contributed by atoms with Gasteiger partial charge in [-0.15, -0.1) is 0 Å². The lowest BCUT2D eigenvalue weighted by Gasteiger charge is -2.32. The summed E-state index contributed by atoms with van der Waals surface area (Å²) in [7, 11) is 2.16. The molecule has 1 aliphatic carbocycles. The first kappa shape index (κ1) is 10.3. The predicted molar refractivity (Wildman–Crippen MR) is 63.9 cm³/mol. The van der Waals surface area contributed by atoms with Crippen LogP contribution in [0.15, 0.2) is 18.3 Å². The Balaban J connectivity index is 2.05. The molecule has 1 aliphatic rings. The van der Waals surface area contributed by atoms with Gasteiger partial charge in [-0.25, -0.2) is 4.98 Å². The largest absolute Gasteiger partial charge is 0.384 e. The van der Waals surface area contributed by atoms with Gasteiger partial charge in [0, 0.05) is 13.1 Å². The molecule has 0 spiro atoms. The van der Waals surface area contributed by atoms with E-state index in [4.69, 9.17) is 5.73 Å². The zero-order valence-corrected chi connectivity index (χ0v) is 9.32. The molecule has 1 aromatic rings. The number of nitrogens with two attached hydrogens (primary N) is 1. The van der Waals surface area contributed by atoms with Crippen LogP contribution in [0.3, 0.4) is 0 Å². The van der Waals surface area contributed by atoms with Crippen molar-refractivity contribution in [2.45, 2.75) is 38.1 Å². The third kappa shape index (κ3) is 2.41. The highest BCUT2D eigenvalue weighted by Gasteiger charge is 2.18. The molecule has 1 fully saturated rings. The first-order chi connectivity index (χ1) is 7.27. The van der Waals surface area contributed by atoms with Gasteiger partial charge in [0.05, 0.1) is 11.9 Å². The van der Waals surface area contributed by atoms with Gasteiger partial charge < -0.3 is 10.6 Å². The topological polar surface area (TPSA) is 42.1 Å². The van der Waals surface area contributed by atoms with Crippen molar-refractivity contribution in [2.24, 2.45) is 0 Å². The maximum Gasteiger partial charge on any atom is 0.123 e. The minimum atomic E-state index is 0.593. The molecule has 1 saturated carbocycles. The van der Waals surface area contributed by atoms with Crippen molar-refractivity contribution in [1.82, 2.24) is 4.98 Å². The van der Waals surface area contributed by atoms with E-state index >= 15 is 0 Å². The summed E-state index contributed by atoms with van der Waals surface area (Å²) in [6.07, 6.45) is 8.59. The number of anilines is 2. The van der Waals surface area contributed by atoms with Gasteiger partial charge in [0.1, 0.15) is 5.82 Å². The molecule has 0 amide bonds. The van der Waals surface area contributed by atoms with E-state index in [-0.39, 0.29) is 0 Å². The van der Waals surface area contributed by atoms with E-state index in [2.05, 4.69) is 23.0 Å². The normalized spacial score (nSPS) is 17.7. The second-order valence-electron chi connectivity index (χ2n) is 4.34. The van der Waals surface area contributed by atoms with Gasteiger partial charge in [-0.3, -0.25) is 0 Å². The van der Waals surface area contributed by atoms with E-state index in [1.807, 2.05) is 12.3 Å². The number of pyridine rings is 1. The molecule has 0 atom stereocenters. The second kappa shape index (κ2) is 4.51. The first-order valence-electron chi connectivity index (χ1n) is 5.72. The second-order valence-corrected chi connectivity index (χ2v) is 4.34. The summed E-state index contributed by atoms with van der Waals surface area (Å²) in [5, 5.41) is 0. The molecule has 0 aliphatic heterocycles. The summed E-state index contributed by atoms with van der Waals surface area (Å²) < 4.78 is 0. The van der Waals surface area contributed by atoms with Crippen molar-refractivity contribution in [3.63, 3.8) is 0 Å². The lowest BCUT2D eigenvalue weighted by Crippen LogP contribution is -2.33. The number of hydrogen-bond acceptors (Lipinski definition) is 3. The summed E-state index contributed by atoms with van der Waals surface area (Å²) in [4.78, 5) is 6.47. The molecule has 0 saturated heterocycles. The van der Waals surface area contributed by atoms with E-state index in [0.717, 1.165) is 0 Å². The van der Waals surface area contributed by atoms with Crippen LogP contribution in [0.2, 0.25) is 0 Å². The molecule has 1 aromatic heterocycles. The standard InChI is InChI=1S/C12H19N3/c1-15(10-5-3-2-4-6-10)11-7-8-12(13)14-9-11/h7-10H,2-6H2,1H3,(H2,13,14). The maximum absolute atomic E-state index is 5.58. The molecule has 0 aromatic carbocycles. The molecule has 3 nitrogen and oxygen atoms in total. The lowest BCUT2D eigenvalue weighted by molar-refractivity contribution is 0.427. The quantitative estimate of drug-likeness (QED) is 0.806. The Hall–Kier alpha value is -1.25. The van der Waals surface area contributed by atoms with Crippen LogP contribution in [0.25, 0.3) is 0 Å². The van der Waals surface area contributed by atoms with Crippen LogP contribution in [0.4, 0.5) is 11.5 Å². The Morgan fingerprint density at radius 2 is 2.00 bits per heavy atom. The van der Waals surface area contributed by atoms with Gasteiger partial charge in [0.15, 0.2) is 0 Å². The summed E-state index contributed by atoms with van der Waals surface area (Å²) >= 11 is 0. The summed E-state index contributed by atoms with van der Waals surface area (Å²) in [6, 6.07) is 4.61. The number of nitrogens with zero attached hydrogens (tertiary/aromatic N) is 2. The number of nitrogen functional groups attached to an aromatic ring is 1. The SMILES string of the molecule is CN(c1ccc(N)nc1)C1CCCCC1. The molecule has 2 N–H and O–H groups in total. The highest BCUT2D eigenvalue weighted by atomic mass is 15.1. The van der Waals surface area contributed by atoms with Crippen molar-refractivity contribution < 1.29 is 0 Å². The third-order valence-corrected chi connectivity index (χ3v) is 3.30. The molecule has 0 unspecified atom stereocenters. The Labute approximate surface area is 91.3 Å². The van der Waals surface area contributed by atoms with Crippen LogP contribution < -0.4 is 10.6 Å². The molecular formula is C12H19N3. The molecule has 2 rings (SSSR count). The maximum atomic E-state index is 5.58. The number of aromatic nitrogens is 1. The van der Waals surface area contributed by atoms with E-state index < -0.39 is 0 Å². The lowest BCUT2D eigenvalue weighted by atomic mass is 9.94. The van der Waals surface area contributed by atoms with Crippen LogP contribution in [0.5, 0.6) is 0 Å². The van der Waals surface area contributed by atoms with E-state index in [9.17, 15) is 0 Å². The zero-order chi connectivity index (χ0) is 10.7. The Kier molecular flexibility index (Phi) is 3.09. The van der Waals surface area contributed by atoms with Gasteiger partial charge in [-0.1, -0.05) is 19.3 Å². The van der Waals surface area contributed by atoms with Gasteiger partial charge >= 0.3 is 0 Å². The highest BCUT2D eigenvalue weighted by Crippen LogP contribution is 2.25. The fourth-order valence-electron chi connectivity index (χ4n) is 2.29. The summed E-state index contributed by atoms with van der Waals surface area (Å²) in [5.74, 6) is 0.593. The van der Waals surface area contributed by atoms with Crippen molar-refractivity contribution >= 4 is 11.5 Å². The van der Waals surface area contributed by atoms with Gasteiger partial charge in [-0.2, -0.15) is 0 Å². The molecule has 15 heavy (non-hydrogen) atoms. The minimum absolute atomic E-state index is 0.593. The van der Waals surface area contributed by atoms with Gasteiger partial charge in [0.25, 0.3) is 0 Å².